The van der Waals surface area contributed by atoms with Gasteiger partial charge in [-0.1, -0.05) is 58.7 Å². The number of ether oxygens (including phenoxy) is 3. The van der Waals surface area contributed by atoms with Crippen LogP contribution in [0.15, 0.2) is 95.2 Å². The maximum Gasteiger partial charge on any atom is 2.00 e. The van der Waals surface area contributed by atoms with Crippen molar-refractivity contribution in [2.24, 2.45) is 16.1 Å². The predicted octanol–water partition coefficient (Wildman–Crippen LogP) is 8.07. The van der Waals surface area contributed by atoms with Crippen LogP contribution < -0.4 is 0 Å². The zero-order chi connectivity index (χ0) is 29.1. The molecule has 0 N–H and O–H groups in total. The third kappa shape index (κ3) is 13.7. The van der Waals surface area contributed by atoms with Crippen LogP contribution in [-0.2, 0) is 47.5 Å². The number of halogens is 1. The molecular formula is C33H35BrFeN2O5. The Kier molecular flexibility index (Phi) is 17.3. The van der Waals surface area contributed by atoms with Crippen molar-refractivity contribution in [2.75, 3.05) is 25.2 Å². The second-order valence-electron chi connectivity index (χ2n) is 9.12. The Morgan fingerprint density at radius 3 is 2.43 bits per heavy atom. The number of allylic oxidation sites excluding steroid dienone is 2. The number of hydrogen-bond acceptors (Lipinski definition) is 7. The summed E-state index contributed by atoms with van der Waals surface area (Å²) in [4.78, 5) is 23.5. The van der Waals surface area contributed by atoms with Gasteiger partial charge in [-0.15, -0.1) is 18.9 Å². The van der Waals surface area contributed by atoms with Crippen LogP contribution in [0.4, 0.5) is 11.4 Å². The minimum Gasteiger partial charge on any atom is -0.465 e. The summed E-state index contributed by atoms with van der Waals surface area (Å²) < 4.78 is 15.8. The summed E-state index contributed by atoms with van der Waals surface area (Å²) in [6.45, 7) is 2.90. The van der Waals surface area contributed by atoms with E-state index in [1.165, 1.54) is 0 Å². The average molecular weight is 675 g/mol. The molecule has 1 unspecified atom stereocenters. The molecule has 0 amide bonds. The maximum atomic E-state index is 12.0. The zero-order valence-corrected chi connectivity index (χ0v) is 26.2. The van der Waals surface area contributed by atoms with E-state index in [4.69, 9.17) is 14.2 Å². The minimum absolute atomic E-state index is 0. The van der Waals surface area contributed by atoms with Gasteiger partial charge in [0.15, 0.2) is 0 Å². The third-order valence-electron chi connectivity index (χ3n) is 5.88. The van der Waals surface area contributed by atoms with E-state index in [0.717, 1.165) is 28.1 Å². The molecule has 3 aromatic carbocycles. The van der Waals surface area contributed by atoms with Crippen molar-refractivity contribution in [2.45, 2.75) is 26.4 Å². The number of nitrogens with zero attached hydrogens (tertiary/aromatic N) is 2. The van der Waals surface area contributed by atoms with Crippen molar-refractivity contribution in [3.63, 3.8) is 0 Å². The van der Waals surface area contributed by atoms with Gasteiger partial charge in [0.25, 0.3) is 0 Å². The van der Waals surface area contributed by atoms with Gasteiger partial charge in [0, 0.05) is 11.8 Å². The molecule has 42 heavy (non-hydrogen) atoms. The number of carbonyl (C=O) groups is 2. The SMILES string of the molecule is CC(CCC(=O)OCCBr)C(=O)OCCOCc1ccc(N=Nc2cccc(-c3ccc[cH-]3)c2)cc1.[CH]1[CH][CH-]C=C1.[Fe+2]. The van der Waals surface area contributed by atoms with Crippen LogP contribution >= 0.6 is 15.9 Å². The maximum absolute atomic E-state index is 12.0. The Hall–Kier alpha value is -3.10. The number of rotatable bonds is 14. The first-order chi connectivity index (χ1) is 20.0. The molecule has 9 heteroatoms. The number of azo groups is 1. The number of alkyl halides is 1. The standard InChI is InChI=1S/C28H30BrN2O5.C5H5.Fe/c1-21(9-14-27(32)35-16-15-29)28(33)36-18-17-34-20-22-10-12-25(13-11-22)30-31-26-8-4-7-24(19-26)23-5-2-3-6-23;1-2-4-5-3-1;/h2-8,10-13,19,21H,9,14-18,20H2,1H3;1-5H;/q2*-1;+2. The van der Waals surface area contributed by atoms with Crippen LogP contribution in [0.3, 0.4) is 0 Å². The number of benzene rings is 2. The molecule has 1 aliphatic carbocycles. The summed E-state index contributed by atoms with van der Waals surface area (Å²) in [7, 11) is 0. The molecule has 0 heterocycles. The summed E-state index contributed by atoms with van der Waals surface area (Å²) in [5.74, 6) is -1.03. The molecule has 0 aromatic heterocycles. The molecular weight excluding hydrogens is 640 g/mol. The van der Waals surface area contributed by atoms with E-state index in [1.807, 2.05) is 86.0 Å². The summed E-state index contributed by atoms with van der Waals surface area (Å²) in [5, 5.41) is 9.26. The predicted molar refractivity (Wildman–Crippen MR) is 164 cm³/mol. The molecule has 3 aromatic rings. The normalized spacial score (nSPS) is 12.5. The second kappa shape index (κ2) is 20.7. The van der Waals surface area contributed by atoms with Crippen molar-refractivity contribution in [3.8, 4) is 11.1 Å². The van der Waals surface area contributed by atoms with Crippen LogP contribution in [0.5, 0.6) is 0 Å². The molecule has 0 spiro atoms. The first-order valence-electron chi connectivity index (χ1n) is 13.5. The van der Waals surface area contributed by atoms with E-state index in [0.29, 0.717) is 25.0 Å². The molecule has 0 bridgehead atoms. The Morgan fingerprint density at radius 1 is 0.952 bits per heavy atom. The van der Waals surface area contributed by atoms with Gasteiger partial charge in [-0.25, -0.2) is 18.6 Å². The summed E-state index contributed by atoms with van der Waals surface area (Å²) >= 11 is 3.19. The van der Waals surface area contributed by atoms with E-state index < -0.39 is 0 Å². The number of carbonyl (C=O) groups excluding carboxylic acids is 2. The molecule has 0 fully saturated rings. The van der Waals surface area contributed by atoms with Gasteiger partial charge < -0.3 is 14.2 Å². The summed E-state index contributed by atoms with van der Waals surface area (Å²) in [5.41, 5.74) is 4.78. The fourth-order valence-electron chi connectivity index (χ4n) is 3.62. The van der Waals surface area contributed by atoms with Gasteiger partial charge in [-0.05, 0) is 30.2 Å². The molecule has 1 atom stereocenters. The molecule has 0 aliphatic heterocycles. The number of esters is 2. The zero-order valence-electron chi connectivity index (χ0n) is 23.5. The Balaban J connectivity index is 0.000000927. The van der Waals surface area contributed by atoms with Gasteiger partial charge in [-0.2, -0.15) is 34.0 Å². The molecule has 7 nitrogen and oxygen atoms in total. The van der Waals surface area contributed by atoms with Crippen molar-refractivity contribution >= 4 is 39.2 Å². The number of hydrogen-bond donors (Lipinski definition) is 0. The molecule has 2 radical (unpaired) electrons. The smallest absolute Gasteiger partial charge is 0.465 e. The van der Waals surface area contributed by atoms with E-state index in [2.05, 4.69) is 44.4 Å². The van der Waals surface area contributed by atoms with E-state index >= 15 is 0 Å². The van der Waals surface area contributed by atoms with Crippen molar-refractivity contribution in [1.29, 1.82) is 0 Å². The van der Waals surface area contributed by atoms with E-state index in [-0.39, 0.29) is 54.6 Å². The quantitative estimate of drug-likeness (QED) is 0.0431. The van der Waals surface area contributed by atoms with Gasteiger partial charge in [0.1, 0.15) is 13.2 Å². The van der Waals surface area contributed by atoms with Crippen molar-refractivity contribution in [1.82, 2.24) is 0 Å². The van der Waals surface area contributed by atoms with Crippen LogP contribution in [0, 0.1) is 25.2 Å². The Morgan fingerprint density at radius 2 is 1.76 bits per heavy atom. The van der Waals surface area contributed by atoms with Crippen molar-refractivity contribution < 1.29 is 40.9 Å². The first-order valence-corrected chi connectivity index (χ1v) is 14.6. The van der Waals surface area contributed by atoms with E-state index in [1.54, 1.807) is 6.92 Å². The topological polar surface area (TPSA) is 86.6 Å². The molecule has 0 saturated heterocycles. The average Bonchev–Trinajstić information content (AvgIpc) is 3.76. The fraction of sp³-hybridized carbons (Fsp3) is 0.273. The van der Waals surface area contributed by atoms with E-state index in [9.17, 15) is 9.59 Å². The van der Waals surface area contributed by atoms with Crippen LogP contribution in [0.25, 0.3) is 11.1 Å². The molecule has 1 aliphatic rings. The van der Waals surface area contributed by atoms with Gasteiger partial charge in [-0.3, -0.25) is 9.59 Å². The monoisotopic (exact) mass is 674 g/mol. The van der Waals surface area contributed by atoms with Gasteiger partial charge >= 0.3 is 29.0 Å². The second-order valence-corrected chi connectivity index (χ2v) is 9.91. The minimum atomic E-state index is -0.374. The Bertz CT molecular complexity index is 1240. The first kappa shape index (κ1) is 35.1. The third-order valence-corrected chi connectivity index (χ3v) is 6.20. The Labute approximate surface area is 267 Å². The molecule has 222 valence electrons. The molecule has 4 rings (SSSR count). The summed E-state index contributed by atoms with van der Waals surface area (Å²) in [6.07, 6.45) is 10.6. The van der Waals surface area contributed by atoms with Crippen LogP contribution in [-0.4, -0.2) is 37.1 Å². The van der Waals surface area contributed by atoms with Crippen molar-refractivity contribution in [3.05, 3.63) is 110 Å². The van der Waals surface area contributed by atoms with Crippen LogP contribution in [0.2, 0.25) is 0 Å². The largest absolute Gasteiger partial charge is 2.00 e. The van der Waals surface area contributed by atoms with Gasteiger partial charge in [0.05, 0.1) is 30.5 Å². The van der Waals surface area contributed by atoms with Gasteiger partial charge in [0.2, 0.25) is 0 Å². The summed E-state index contributed by atoms with van der Waals surface area (Å²) in [6, 6.07) is 23.7. The molecule has 0 saturated carbocycles. The fourth-order valence-corrected chi connectivity index (χ4v) is 3.78. The van der Waals surface area contributed by atoms with Crippen LogP contribution in [0.1, 0.15) is 25.3 Å².